The Balaban J connectivity index is 2.62. The molecule has 7 heteroatoms. The molecule has 1 aromatic rings. The third kappa shape index (κ3) is 7.23. The number of carboxylic acids is 1. The molecule has 24 heavy (non-hydrogen) atoms. The second-order valence-electron chi connectivity index (χ2n) is 6.20. The minimum absolute atomic E-state index is 0.0514. The van der Waals surface area contributed by atoms with Crippen molar-refractivity contribution < 1.29 is 29.1 Å². The number of amides is 1. The van der Waals surface area contributed by atoms with Crippen LogP contribution in [0.15, 0.2) is 30.3 Å². The van der Waals surface area contributed by atoms with Crippen molar-refractivity contribution in [1.29, 1.82) is 0 Å². The van der Waals surface area contributed by atoms with E-state index in [-0.39, 0.29) is 19.4 Å². The highest BCUT2D eigenvalue weighted by atomic mass is 16.7. The van der Waals surface area contributed by atoms with Crippen LogP contribution < -0.4 is 0 Å². The van der Waals surface area contributed by atoms with Gasteiger partial charge >= 0.3 is 11.9 Å². The Morgan fingerprint density at radius 2 is 1.88 bits per heavy atom. The van der Waals surface area contributed by atoms with Crippen LogP contribution in [0.2, 0.25) is 0 Å². The highest BCUT2D eigenvalue weighted by Gasteiger charge is 2.27. The topological polar surface area (TPSA) is 93.1 Å². The maximum Gasteiger partial charge on any atom is 0.329 e. The molecule has 7 nitrogen and oxygen atoms in total. The van der Waals surface area contributed by atoms with Gasteiger partial charge in [-0.1, -0.05) is 30.3 Å². The molecule has 0 unspecified atom stereocenters. The third-order valence-electron chi connectivity index (χ3n) is 2.96. The Labute approximate surface area is 141 Å². The number of aliphatic carboxylic acids is 1. The molecule has 0 saturated heterocycles. The van der Waals surface area contributed by atoms with Gasteiger partial charge in [0.05, 0.1) is 0 Å². The smallest absolute Gasteiger partial charge is 0.329 e. The van der Waals surface area contributed by atoms with Crippen molar-refractivity contribution >= 4 is 18.3 Å². The zero-order valence-electron chi connectivity index (χ0n) is 14.1. The van der Waals surface area contributed by atoms with Gasteiger partial charge in [-0.15, -0.1) is 0 Å². The summed E-state index contributed by atoms with van der Waals surface area (Å²) < 4.78 is 5.13. The summed E-state index contributed by atoms with van der Waals surface area (Å²) in [6.45, 7) is 5.22. The molecule has 132 valence electrons. The molecule has 0 spiro atoms. The lowest BCUT2D eigenvalue weighted by molar-refractivity contribution is -0.202. The van der Waals surface area contributed by atoms with Crippen LogP contribution in [0.4, 0.5) is 0 Å². The van der Waals surface area contributed by atoms with Crippen molar-refractivity contribution in [3.05, 3.63) is 35.9 Å². The number of hydroxylamine groups is 2. The summed E-state index contributed by atoms with van der Waals surface area (Å²) in [6, 6.07) is 7.77. The Morgan fingerprint density at radius 1 is 1.25 bits per heavy atom. The fourth-order valence-corrected chi connectivity index (χ4v) is 1.92. The van der Waals surface area contributed by atoms with E-state index in [0.717, 1.165) is 10.6 Å². The molecular formula is C17H23NO6. The molecule has 1 rings (SSSR count). The summed E-state index contributed by atoms with van der Waals surface area (Å²) in [5.41, 5.74) is 0.143. The Hall–Kier alpha value is -2.41. The molecule has 1 amide bonds. The summed E-state index contributed by atoms with van der Waals surface area (Å²) in [5, 5.41) is 10.0. The van der Waals surface area contributed by atoms with Crippen LogP contribution in [0, 0.1) is 0 Å². The van der Waals surface area contributed by atoms with E-state index in [2.05, 4.69) is 0 Å². The summed E-state index contributed by atoms with van der Waals surface area (Å²) in [4.78, 5) is 39.5. The minimum atomic E-state index is -1.27. The van der Waals surface area contributed by atoms with Gasteiger partial charge in [0.15, 0.2) is 6.04 Å². The van der Waals surface area contributed by atoms with Crippen molar-refractivity contribution in [3.8, 4) is 0 Å². The molecule has 0 saturated carbocycles. The van der Waals surface area contributed by atoms with E-state index in [0.29, 0.717) is 6.41 Å². The van der Waals surface area contributed by atoms with Crippen LogP contribution in [-0.4, -0.2) is 40.2 Å². The number of carbonyl (C=O) groups excluding carboxylic acids is 2. The number of carbonyl (C=O) groups is 3. The predicted molar refractivity (Wildman–Crippen MR) is 85.6 cm³/mol. The van der Waals surface area contributed by atoms with Gasteiger partial charge in [-0.2, -0.15) is 0 Å². The lowest BCUT2D eigenvalue weighted by Gasteiger charge is -2.24. The first-order chi connectivity index (χ1) is 11.2. The maximum absolute atomic E-state index is 11.7. The molecule has 1 aromatic carbocycles. The summed E-state index contributed by atoms with van der Waals surface area (Å²) >= 11 is 0. The molecule has 0 radical (unpaired) electrons. The van der Waals surface area contributed by atoms with Crippen LogP contribution in [0.3, 0.4) is 0 Å². The molecule has 0 bridgehead atoms. The van der Waals surface area contributed by atoms with E-state index in [1.165, 1.54) is 0 Å². The number of carboxylic acid groups (broad SMARTS) is 1. The van der Waals surface area contributed by atoms with Crippen molar-refractivity contribution in [2.24, 2.45) is 0 Å². The van der Waals surface area contributed by atoms with Crippen LogP contribution in [0.5, 0.6) is 0 Å². The minimum Gasteiger partial charge on any atom is -0.480 e. The standard InChI is InChI=1S/C17H23NO6/c1-17(2,3)24-15(20)10-9-14(16(21)22)18(12-19)23-11-13-7-5-4-6-8-13/h4-8,12,14H,9-11H2,1-3H3,(H,21,22)/t14-/m1/s1. The molecule has 0 aliphatic heterocycles. The normalized spacial score (nSPS) is 12.3. The van der Waals surface area contributed by atoms with Crippen LogP contribution in [0.25, 0.3) is 0 Å². The lowest BCUT2D eigenvalue weighted by Crippen LogP contribution is -2.41. The fraction of sp³-hybridized carbons (Fsp3) is 0.471. The molecule has 0 fully saturated rings. The molecule has 0 aromatic heterocycles. The number of hydrogen-bond acceptors (Lipinski definition) is 5. The SMILES string of the molecule is CC(C)(C)OC(=O)CC[C@H](C(=O)O)N(C=O)OCc1ccccc1. The summed E-state index contributed by atoms with van der Waals surface area (Å²) in [6.07, 6.45) is 0.0713. The Kier molecular flexibility index (Phi) is 7.38. The van der Waals surface area contributed by atoms with Crippen molar-refractivity contribution in [2.45, 2.75) is 51.9 Å². The number of nitrogens with zero attached hydrogens (tertiary/aromatic N) is 1. The van der Waals surface area contributed by atoms with Gasteiger partial charge in [-0.25, -0.2) is 9.86 Å². The zero-order valence-corrected chi connectivity index (χ0v) is 14.1. The average Bonchev–Trinajstić information content (AvgIpc) is 2.49. The zero-order chi connectivity index (χ0) is 18.2. The monoisotopic (exact) mass is 337 g/mol. The first-order valence-electron chi connectivity index (χ1n) is 7.58. The first-order valence-corrected chi connectivity index (χ1v) is 7.58. The van der Waals surface area contributed by atoms with E-state index in [9.17, 15) is 19.5 Å². The highest BCUT2D eigenvalue weighted by Crippen LogP contribution is 2.13. The molecule has 1 N–H and O–H groups in total. The third-order valence-corrected chi connectivity index (χ3v) is 2.96. The van der Waals surface area contributed by atoms with E-state index < -0.39 is 23.6 Å². The second kappa shape index (κ2) is 9.02. The van der Waals surface area contributed by atoms with Crippen molar-refractivity contribution in [3.63, 3.8) is 0 Å². The van der Waals surface area contributed by atoms with Gasteiger partial charge in [0.1, 0.15) is 12.2 Å². The average molecular weight is 337 g/mol. The quantitative estimate of drug-likeness (QED) is 0.422. The number of esters is 1. The lowest BCUT2D eigenvalue weighted by atomic mass is 10.1. The Bertz CT molecular complexity index is 552. The van der Waals surface area contributed by atoms with Crippen LogP contribution in [-0.2, 0) is 30.6 Å². The molecule has 1 atom stereocenters. The summed E-state index contributed by atoms with van der Waals surface area (Å²) in [5.74, 6) is -1.78. The van der Waals surface area contributed by atoms with Gasteiger partial charge in [0.2, 0.25) is 6.41 Å². The van der Waals surface area contributed by atoms with E-state index in [1.807, 2.05) is 6.07 Å². The Morgan fingerprint density at radius 3 is 2.38 bits per heavy atom. The van der Waals surface area contributed by atoms with Crippen molar-refractivity contribution in [1.82, 2.24) is 5.06 Å². The van der Waals surface area contributed by atoms with Gasteiger partial charge in [-0.3, -0.25) is 14.4 Å². The predicted octanol–water partition coefficient (Wildman–Crippen LogP) is 2.15. The van der Waals surface area contributed by atoms with E-state index in [1.54, 1.807) is 45.0 Å². The maximum atomic E-state index is 11.7. The van der Waals surface area contributed by atoms with Gasteiger partial charge in [0.25, 0.3) is 0 Å². The van der Waals surface area contributed by atoms with Crippen molar-refractivity contribution in [2.75, 3.05) is 0 Å². The summed E-state index contributed by atoms with van der Waals surface area (Å²) in [7, 11) is 0. The number of benzene rings is 1. The van der Waals surface area contributed by atoms with E-state index >= 15 is 0 Å². The molecule has 0 aliphatic carbocycles. The molecular weight excluding hydrogens is 314 g/mol. The number of ether oxygens (including phenoxy) is 1. The largest absolute Gasteiger partial charge is 0.480 e. The molecule has 0 heterocycles. The fourth-order valence-electron chi connectivity index (χ4n) is 1.92. The van der Waals surface area contributed by atoms with Gasteiger partial charge in [-0.05, 0) is 32.8 Å². The first kappa shape index (κ1) is 19.6. The molecule has 0 aliphatic rings. The number of hydrogen-bond donors (Lipinski definition) is 1. The van der Waals surface area contributed by atoms with E-state index in [4.69, 9.17) is 9.57 Å². The highest BCUT2D eigenvalue weighted by molar-refractivity contribution is 5.77. The van der Waals surface area contributed by atoms with Gasteiger partial charge < -0.3 is 9.84 Å². The van der Waals surface area contributed by atoms with Crippen LogP contribution >= 0.6 is 0 Å². The van der Waals surface area contributed by atoms with Crippen LogP contribution in [0.1, 0.15) is 39.2 Å². The number of rotatable bonds is 9. The van der Waals surface area contributed by atoms with Gasteiger partial charge in [0, 0.05) is 6.42 Å². The second-order valence-corrected chi connectivity index (χ2v) is 6.20.